The number of hydrogen-bond donors (Lipinski definition) is 2. The molecule has 2 aromatic rings. The summed E-state index contributed by atoms with van der Waals surface area (Å²) >= 11 is 0. The SMILES string of the molecule is CNc1nccc(NCc2cc(C)c(F)c(C)c2)n1. The summed E-state index contributed by atoms with van der Waals surface area (Å²) in [6.45, 7) is 4.15. The van der Waals surface area contributed by atoms with Gasteiger partial charge in [-0.25, -0.2) is 9.37 Å². The van der Waals surface area contributed by atoms with Gasteiger partial charge >= 0.3 is 0 Å². The summed E-state index contributed by atoms with van der Waals surface area (Å²) < 4.78 is 13.5. The molecule has 0 fully saturated rings. The maximum Gasteiger partial charge on any atom is 0.224 e. The van der Waals surface area contributed by atoms with Gasteiger partial charge in [0.1, 0.15) is 11.6 Å². The summed E-state index contributed by atoms with van der Waals surface area (Å²) in [5.41, 5.74) is 2.35. The number of rotatable bonds is 4. The summed E-state index contributed by atoms with van der Waals surface area (Å²) in [5.74, 6) is 1.17. The summed E-state index contributed by atoms with van der Waals surface area (Å²) in [4.78, 5) is 8.30. The van der Waals surface area contributed by atoms with Crippen molar-refractivity contribution in [1.29, 1.82) is 0 Å². The number of aromatic nitrogens is 2. The molecular weight excluding hydrogens is 243 g/mol. The molecule has 19 heavy (non-hydrogen) atoms. The van der Waals surface area contributed by atoms with Gasteiger partial charge < -0.3 is 10.6 Å². The molecule has 5 heteroatoms. The van der Waals surface area contributed by atoms with Gasteiger partial charge in [0.05, 0.1) is 0 Å². The second-order valence-corrected chi connectivity index (χ2v) is 4.41. The molecule has 0 radical (unpaired) electrons. The first-order valence-electron chi connectivity index (χ1n) is 6.10. The van der Waals surface area contributed by atoms with E-state index in [9.17, 15) is 4.39 Å². The third-order valence-corrected chi connectivity index (χ3v) is 2.85. The Morgan fingerprint density at radius 1 is 1.21 bits per heavy atom. The standard InChI is InChI=1S/C14H17FN4/c1-9-6-11(7-10(2)13(9)15)8-18-12-4-5-17-14(16-3)19-12/h4-7H,8H2,1-3H3,(H2,16,17,18,19). The molecule has 0 aliphatic heterocycles. The predicted molar refractivity (Wildman–Crippen MR) is 74.8 cm³/mol. The van der Waals surface area contributed by atoms with E-state index in [2.05, 4.69) is 20.6 Å². The molecule has 0 bridgehead atoms. The van der Waals surface area contributed by atoms with Crippen LogP contribution in [0.2, 0.25) is 0 Å². The van der Waals surface area contributed by atoms with E-state index in [0.29, 0.717) is 23.6 Å². The first-order chi connectivity index (χ1) is 9.10. The second-order valence-electron chi connectivity index (χ2n) is 4.41. The van der Waals surface area contributed by atoms with Crippen LogP contribution >= 0.6 is 0 Å². The maximum absolute atomic E-state index is 13.5. The molecule has 0 aliphatic carbocycles. The van der Waals surface area contributed by atoms with Gasteiger partial charge in [0.2, 0.25) is 5.95 Å². The number of halogens is 1. The normalized spacial score (nSPS) is 10.3. The van der Waals surface area contributed by atoms with Gasteiger partial charge in [0.15, 0.2) is 0 Å². The van der Waals surface area contributed by atoms with Crippen LogP contribution in [0, 0.1) is 19.7 Å². The van der Waals surface area contributed by atoms with Gasteiger partial charge in [-0.2, -0.15) is 4.98 Å². The average Bonchev–Trinajstić information content (AvgIpc) is 2.42. The molecule has 1 aromatic heterocycles. The molecule has 1 heterocycles. The minimum absolute atomic E-state index is 0.136. The van der Waals surface area contributed by atoms with Gasteiger partial charge in [-0.05, 0) is 36.6 Å². The van der Waals surface area contributed by atoms with Crippen LogP contribution in [0.25, 0.3) is 0 Å². The molecule has 0 spiro atoms. The summed E-state index contributed by atoms with van der Waals surface area (Å²) in [5, 5.41) is 6.08. The Balaban J connectivity index is 2.10. The van der Waals surface area contributed by atoms with E-state index in [1.807, 2.05) is 12.1 Å². The van der Waals surface area contributed by atoms with Gasteiger partial charge in [0, 0.05) is 19.8 Å². The lowest BCUT2D eigenvalue weighted by atomic mass is 10.1. The third kappa shape index (κ3) is 3.19. The van der Waals surface area contributed by atoms with E-state index in [1.165, 1.54) is 0 Å². The molecule has 0 atom stereocenters. The summed E-state index contributed by atoms with van der Waals surface area (Å²) in [6.07, 6.45) is 1.68. The number of aryl methyl sites for hydroxylation is 2. The minimum Gasteiger partial charge on any atom is -0.366 e. The largest absolute Gasteiger partial charge is 0.366 e. The fraction of sp³-hybridized carbons (Fsp3) is 0.286. The third-order valence-electron chi connectivity index (χ3n) is 2.85. The van der Waals surface area contributed by atoms with Gasteiger partial charge in [-0.3, -0.25) is 0 Å². The van der Waals surface area contributed by atoms with E-state index in [1.54, 1.807) is 33.2 Å². The van der Waals surface area contributed by atoms with Gasteiger partial charge in [-0.1, -0.05) is 12.1 Å². The van der Waals surface area contributed by atoms with E-state index in [-0.39, 0.29) is 5.82 Å². The fourth-order valence-electron chi connectivity index (χ4n) is 1.91. The minimum atomic E-state index is -0.136. The van der Waals surface area contributed by atoms with E-state index in [0.717, 1.165) is 11.4 Å². The van der Waals surface area contributed by atoms with Crippen molar-refractivity contribution in [3.8, 4) is 0 Å². The first kappa shape index (κ1) is 13.3. The number of benzene rings is 1. The quantitative estimate of drug-likeness (QED) is 0.887. The summed E-state index contributed by atoms with van der Waals surface area (Å²) in [6, 6.07) is 5.48. The molecule has 0 aliphatic rings. The van der Waals surface area contributed by atoms with Crippen LogP contribution in [0.4, 0.5) is 16.2 Å². The number of anilines is 2. The molecule has 100 valence electrons. The molecule has 4 nitrogen and oxygen atoms in total. The van der Waals surface area contributed by atoms with Crippen molar-refractivity contribution < 1.29 is 4.39 Å². The van der Waals surface area contributed by atoms with Crippen molar-refractivity contribution in [3.05, 3.63) is 46.9 Å². The highest BCUT2D eigenvalue weighted by molar-refractivity contribution is 5.40. The van der Waals surface area contributed by atoms with Crippen LogP contribution in [0.3, 0.4) is 0 Å². The maximum atomic E-state index is 13.5. The Bertz CT molecular complexity index is 560. The molecule has 0 unspecified atom stereocenters. The van der Waals surface area contributed by atoms with E-state index in [4.69, 9.17) is 0 Å². The van der Waals surface area contributed by atoms with Gasteiger partial charge in [-0.15, -0.1) is 0 Å². The number of nitrogens with one attached hydrogen (secondary N) is 2. The second kappa shape index (κ2) is 5.65. The zero-order chi connectivity index (χ0) is 13.8. The Labute approximate surface area is 112 Å². The van der Waals surface area contributed by atoms with E-state index < -0.39 is 0 Å². The average molecular weight is 260 g/mol. The van der Waals surface area contributed by atoms with E-state index >= 15 is 0 Å². The Kier molecular flexibility index (Phi) is 3.94. The van der Waals surface area contributed by atoms with Gasteiger partial charge in [0.25, 0.3) is 0 Å². The molecule has 2 N–H and O–H groups in total. The molecular formula is C14H17FN4. The van der Waals surface area contributed by atoms with Crippen LogP contribution in [0.15, 0.2) is 24.4 Å². The predicted octanol–water partition coefficient (Wildman–Crippen LogP) is 2.89. The highest BCUT2D eigenvalue weighted by Crippen LogP contribution is 2.16. The molecule has 0 saturated heterocycles. The molecule has 0 amide bonds. The Morgan fingerprint density at radius 3 is 2.53 bits per heavy atom. The fourth-order valence-corrected chi connectivity index (χ4v) is 1.91. The van der Waals surface area contributed by atoms with Crippen molar-refractivity contribution >= 4 is 11.8 Å². The smallest absolute Gasteiger partial charge is 0.224 e. The molecule has 0 saturated carbocycles. The zero-order valence-electron chi connectivity index (χ0n) is 11.3. The summed E-state index contributed by atoms with van der Waals surface area (Å²) in [7, 11) is 1.77. The lowest BCUT2D eigenvalue weighted by Gasteiger charge is -2.09. The Morgan fingerprint density at radius 2 is 1.89 bits per heavy atom. The highest BCUT2D eigenvalue weighted by Gasteiger charge is 2.04. The van der Waals surface area contributed by atoms with Crippen molar-refractivity contribution in [2.75, 3.05) is 17.7 Å². The molecule has 2 rings (SSSR count). The monoisotopic (exact) mass is 260 g/mol. The lowest BCUT2D eigenvalue weighted by molar-refractivity contribution is 0.608. The van der Waals surface area contributed by atoms with Crippen LogP contribution < -0.4 is 10.6 Å². The highest BCUT2D eigenvalue weighted by atomic mass is 19.1. The molecule has 1 aromatic carbocycles. The van der Waals surface area contributed by atoms with Crippen molar-refractivity contribution in [2.24, 2.45) is 0 Å². The van der Waals surface area contributed by atoms with Crippen LogP contribution in [-0.4, -0.2) is 17.0 Å². The van der Waals surface area contributed by atoms with Crippen LogP contribution in [-0.2, 0) is 6.54 Å². The number of hydrogen-bond acceptors (Lipinski definition) is 4. The van der Waals surface area contributed by atoms with Crippen LogP contribution in [0.5, 0.6) is 0 Å². The zero-order valence-corrected chi connectivity index (χ0v) is 11.3. The number of nitrogens with zero attached hydrogens (tertiary/aromatic N) is 2. The van der Waals surface area contributed by atoms with Crippen molar-refractivity contribution in [1.82, 2.24) is 9.97 Å². The topological polar surface area (TPSA) is 49.8 Å². The lowest BCUT2D eigenvalue weighted by Crippen LogP contribution is -2.05. The van der Waals surface area contributed by atoms with Crippen LogP contribution in [0.1, 0.15) is 16.7 Å². The Hall–Kier alpha value is -2.17. The van der Waals surface area contributed by atoms with Crippen molar-refractivity contribution in [3.63, 3.8) is 0 Å². The first-order valence-corrected chi connectivity index (χ1v) is 6.10. The van der Waals surface area contributed by atoms with Crippen molar-refractivity contribution in [2.45, 2.75) is 20.4 Å².